The highest BCUT2D eigenvalue weighted by atomic mass is 32.1. The maximum atomic E-state index is 12.7. The van der Waals surface area contributed by atoms with Crippen molar-refractivity contribution in [3.63, 3.8) is 0 Å². The number of benzene rings is 1. The topological polar surface area (TPSA) is 70.3 Å². The van der Waals surface area contributed by atoms with Gasteiger partial charge < -0.3 is 15.2 Å². The van der Waals surface area contributed by atoms with Crippen molar-refractivity contribution in [2.75, 3.05) is 20.0 Å². The molecule has 126 valence electrons. The van der Waals surface area contributed by atoms with Crippen LogP contribution in [0.15, 0.2) is 23.6 Å². The fourth-order valence-corrected chi connectivity index (χ4v) is 3.03. The molecule has 0 atom stereocenters. The number of halogens is 3. The standard InChI is InChI=1S/C15H12F3N3O2S/c1-22-7-3-9-13(11(4-7)23-2)8(19)5-10(20-9)14-21-12(6-24-14)15(16,17)18/h3-6H,1-2H3,(H2,19,20). The number of hydrogen-bond donors (Lipinski definition) is 1. The van der Waals surface area contributed by atoms with E-state index in [0.717, 1.165) is 16.7 Å². The molecule has 0 aliphatic heterocycles. The molecule has 0 aliphatic rings. The van der Waals surface area contributed by atoms with Gasteiger partial charge >= 0.3 is 6.18 Å². The number of nitrogen functional groups attached to an aromatic ring is 1. The Morgan fingerprint density at radius 3 is 2.42 bits per heavy atom. The first-order valence-electron chi connectivity index (χ1n) is 6.69. The Balaban J connectivity index is 2.18. The number of alkyl halides is 3. The summed E-state index contributed by atoms with van der Waals surface area (Å²) in [5.41, 5.74) is 6.14. The van der Waals surface area contributed by atoms with E-state index in [2.05, 4.69) is 9.97 Å². The van der Waals surface area contributed by atoms with Gasteiger partial charge in [0, 0.05) is 23.2 Å². The first kappa shape index (κ1) is 16.3. The number of fused-ring (bicyclic) bond motifs is 1. The molecule has 0 radical (unpaired) electrons. The summed E-state index contributed by atoms with van der Waals surface area (Å²) in [6.07, 6.45) is -4.50. The third-order valence-electron chi connectivity index (χ3n) is 3.35. The smallest absolute Gasteiger partial charge is 0.434 e. The van der Waals surface area contributed by atoms with Gasteiger partial charge in [0.1, 0.15) is 22.2 Å². The van der Waals surface area contributed by atoms with Crippen molar-refractivity contribution in [2.24, 2.45) is 0 Å². The van der Waals surface area contributed by atoms with Crippen LogP contribution < -0.4 is 15.2 Å². The molecule has 2 heterocycles. The van der Waals surface area contributed by atoms with E-state index in [4.69, 9.17) is 15.2 Å². The number of ether oxygens (including phenoxy) is 2. The van der Waals surface area contributed by atoms with E-state index in [0.29, 0.717) is 28.1 Å². The molecule has 2 N–H and O–H groups in total. The number of anilines is 1. The molecule has 5 nitrogen and oxygen atoms in total. The number of nitrogens with zero attached hydrogens (tertiary/aromatic N) is 2. The second-order valence-electron chi connectivity index (χ2n) is 4.86. The number of pyridine rings is 1. The first-order valence-corrected chi connectivity index (χ1v) is 7.56. The van der Waals surface area contributed by atoms with Gasteiger partial charge in [-0.1, -0.05) is 0 Å². The third kappa shape index (κ3) is 2.82. The van der Waals surface area contributed by atoms with E-state index < -0.39 is 11.9 Å². The van der Waals surface area contributed by atoms with Gasteiger partial charge in [0.25, 0.3) is 0 Å². The highest BCUT2D eigenvalue weighted by Crippen LogP contribution is 2.38. The van der Waals surface area contributed by atoms with Crippen LogP contribution in [0.1, 0.15) is 5.69 Å². The summed E-state index contributed by atoms with van der Waals surface area (Å²) in [5, 5.41) is 1.65. The summed E-state index contributed by atoms with van der Waals surface area (Å²) in [4.78, 5) is 7.96. The predicted octanol–water partition coefficient (Wildman–Crippen LogP) is 3.98. The molecule has 0 saturated heterocycles. The molecule has 1 aromatic carbocycles. The molecule has 0 aliphatic carbocycles. The molecular formula is C15H12F3N3O2S. The third-order valence-corrected chi connectivity index (χ3v) is 4.21. The van der Waals surface area contributed by atoms with E-state index in [1.54, 1.807) is 12.1 Å². The van der Waals surface area contributed by atoms with Gasteiger partial charge in [-0.15, -0.1) is 11.3 Å². The van der Waals surface area contributed by atoms with Gasteiger partial charge in [0.2, 0.25) is 0 Å². The highest BCUT2D eigenvalue weighted by Gasteiger charge is 2.34. The van der Waals surface area contributed by atoms with E-state index in [9.17, 15) is 13.2 Å². The molecule has 0 fully saturated rings. The van der Waals surface area contributed by atoms with Crippen molar-refractivity contribution in [1.82, 2.24) is 9.97 Å². The molecule has 2 aromatic heterocycles. The van der Waals surface area contributed by atoms with Crippen LogP contribution >= 0.6 is 11.3 Å². The Labute approximate surface area is 138 Å². The van der Waals surface area contributed by atoms with Gasteiger partial charge in [-0.2, -0.15) is 13.2 Å². The van der Waals surface area contributed by atoms with E-state index >= 15 is 0 Å². The number of methoxy groups -OCH3 is 2. The largest absolute Gasteiger partial charge is 0.497 e. The predicted molar refractivity (Wildman–Crippen MR) is 85.4 cm³/mol. The molecule has 0 bridgehead atoms. The zero-order valence-electron chi connectivity index (χ0n) is 12.6. The lowest BCUT2D eigenvalue weighted by atomic mass is 10.1. The molecular weight excluding hydrogens is 343 g/mol. The Kier molecular flexibility index (Phi) is 3.96. The van der Waals surface area contributed by atoms with E-state index in [-0.39, 0.29) is 10.7 Å². The maximum Gasteiger partial charge on any atom is 0.434 e. The zero-order chi connectivity index (χ0) is 17.5. The number of hydrogen-bond acceptors (Lipinski definition) is 6. The van der Waals surface area contributed by atoms with Crippen molar-refractivity contribution < 1.29 is 22.6 Å². The van der Waals surface area contributed by atoms with Crippen LogP contribution in [0, 0.1) is 0 Å². The van der Waals surface area contributed by atoms with Crippen molar-refractivity contribution in [3.05, 3.63) is 29.3 Å². The van der Waals surface area contributed by atoms with Crippen LogP contribution in [0.25, 0.3) is 21.6 Å². The number of aromatic nitrogens is 2. The quantitative estimate of drug-likeness (QED) is 0.770. The van der Waals surface area contributed by atoms with Gasteiger partial charge in [-0.05, 0) is 6.07 Å². The molecule has 9 heteroatoms. The minimum absolute atomic E-state index is 0.137. The second-order valence-corrected chi connectivity index (χ2v) is 5.71. The molecule has 0 saturated carbocycles. The minimum Gasteiger partial charge on any atom is -0.497 e. The first-order chi connectivity index (χ1) is 11.3. The highest BCUT2D eigenvalue weighted by molar-refractivity contribution is 7.13. The molecule has 3 aromatic rings. The number of nitrogens with two attached hydrogens (primary N) is 1. The average molecular weight is 355 g/mol. The van der Waals surface area contributed by atoms with Gasteiger partial charge in [-0.25, -0.2) is 9.97 Å². The summed E-state index contributed by atoms with van der Waals surface area (Å²) >= 11 is 0.855. The van der Waals surface area contributed by atoms with Crippen LogP contribution in [0.2, 0.25) is 0 Å². The van der Waals surface area contributed by atoms with E-state index in [1.165, 1.54) is 20.3 Å². The van der Waals surface area contributed by atoms with Crippen LogP contribution in [-0.2, 0) is 6.18 Å². The Hall–Kier alpha value is -2.55. The molecule has 0 unspecified atom stereocenters. The fraction of sp³-hybridized carbons (Fsp3) is 0.200. The fourth-order valence-electron chi connectivity index (χ4n) is 2.25. The zero-order valence-corrected chi connectivity index (χ0v) is 13.5. The Bertz CT molecular complexity index is 909. The average Bonchev–Trinajstić information content (AvgIpc) is 3.03. The lowest BCUT2D eigenvalue weighted by Gasteiger charge is -2.11. The van der Waals surface area contributed by atoms with E-state index in [1.807, 2.05) is 0 Å². The molecule has 3 rings (SSSR count). The summed E-state index contributed by atoms with van der Waals surface area (Å²) in [5.74, 6) is 0.967. The Morgan fingerprint density at radius 1 is 1.08 bits per heavy atom. The molecule has 24 heavy (non-hydrogen) atoms. The molecule has 0 amide bonds. The maximum absolute atomic E-state index is 12.7. The number of thiazole rings is 1. The van der Waals surface area contributed by atoms with Crippen LogP contribution in [0.4, 0.5) is 18.9 Å². The summed E-state index contributed by atoms with van der Waals surface area (Å²) in [6.45, 7) is 0. The van der Waals surface area contributed by atoms with Crippen molar-refractivity contribution >= 4 is 27.9 Å². The normalized spacial score (nSPS) is 11.7. The van der Waals surface area contributed by atoms with Crippen LogP contribution in [0.5, 0.6) is 11.5 Å². The van der Waals surface area contributed by atoms with Crippen LogP contribution in [0.3, 0.4) is 0 Å². The SMILES string of the molecule is COc1cc(OC)c2c(N)cc(-c3nc(C(F)(F)F)cs3)nc2c1. The number of rotatable bonds is 3. The summed E-state index contributed by atoms with van der Waals surface area (Å²) in [6, 6.07) is 4.78. The van der Waals surface area contributed by atoms with Crippen molar-refractivity contribution in [2.45, 2.75) is 6.18 Å². The summed E-state index contributed by atoms with van der Waals surface area (Å²) in [7, 11) is 2.97. The van der Waals surface area contributed by atoms with Crippen molar-refractivity contribution in [3.8, 4) is 22.2 Å². The molecule has 0 spiro atoms. The lowest BCUT2D eigenvalue weighted by Crippen LogP contribution is -2.05. The van der Waals surface area contributed by atoms with Crippen LogP contribution in [-0.4, -0.2) is 24.2 Å². The minimum atomic E-state index is -4.50. The van der Waals surface area contributed by atoms with Crippen molar-refractivity contribution in [1.29, 1.82) is 0 Å². The van der Waals surface area contributed by atoms with Gasteiger partial charge in [0.15, 0.2) is 5.69 Å². The second kappa shape index (κ2) is 5.82. The summed E-state index contributed by atoms with van der Waals surface area (Å²) < 4.78 is 48.6. The van der Waals surface area contributed by atoms with Gasteiger partial charge in [-0.3, -0.25) is 0 Å². The van der Waals surface area contributed by atoms with Gasteiger partial charge in [0.05, 0.1) is 25.1 Å². The Morgan fingerprint density at radius 2 is 1.83 bits per heavy atom. The lowest BCUT2D eigenvalue weighted by molar-refractivity contribution is -0.140. The monoisotopic (exact) mass is 355 g/mol.